The highest BCUT2D eigenvalue weighted by Crippen LogP contribution is 2.14. The van der Waals surface area contributed by atoms with E-state index in [2.05, 4.69) is 11.8 Å². The molecule has 0 saturated heterocycles. The van der Waals surface area contributed by atoms with Crippen molar-refractivity contribution in [3.05, 3.63) is 21.9 Å². The molecule has 0 aliphatic heterocycles. The van der Waals surface area contributed by atoms with Gasteiger partial charge in [0.05, 0.1) is 13.0 Å². The molecule has 0 fully saturated rings. The van der Waals surface area contributed by atoms with Gasteiger partial charge in [-0.1, -0.05) is 11.8 Å². The van der Waals surface area contributed by atoms with Crippen molar-refractivity contribution >= 4 is 17.2 Å². The SMILES string of the molecule is NC(=O)CC#Cc1ccsc1CO. The summed E-state index contributed by atoms with van der Waals surface area (Å²) >= 11 is 1.44. The molecule has 1 heterocycles. The fourth-order valence-corrected chi connectivity index (χ4v) is 1.49. The van der Waals surface area contributed by atoms with E-state index < -0.39 is 5.91 Å². The maximum Gasteiger partial charge on any atom is 0.229 e. The third kappa shape index (κ3) is 2.90. The molecule has 0 radical (unpaired) electrons. The first-order valence-corrected chi connectivity index (χ1v) is 4.56. The largest absolute Gasteiger partial charge is 0.391 e. The average Bonchev–Trinajstić information content (AvgIpc) is 2.51. The number of amides is 1. The number of hydrogen-bond donors (Lipinski definition) is 2. The van der Waals surface area contributed by atoms with E-state index >= 15 is 0 Å². The fraction of sp³-hybridized carbons (Fsp3) is 0.222. The van der Waals surface area contributed by atoms with Crippen LogP contribution in [0.15, 0.2) is 11.4 Å². The highest BCUT2D eigenvalue weighted by Gasteiger charge is 1.98. The minimum Gasteiger partial charge on any atom is -0.391 e. The molecule has 0 spiro atoms. The van der Waals surface area contributed by atoms with Crippen molar-refractivity contribution in [2.45, 2.75) is 13.0 Å². The summed E-state index contributed by atoms with van der Waals surface area (Å²) in [5.74, 6) is 4.97. The Kier molecular flexibility index (Phi) is 3.50. The third-order valence-corrected chi connectivity index (χ3v) is 2.28. The average molecular weight is 195 g/mol. The van der Waals surface area contributed by atoms with Gasteiger partial charge < -0.3 is 10.8 Å². The van der Waals surface area contributed by atoms with E-state index in [-0.39, 0.29) is 13.0 Å². The number of rotatable bonds is 2. The van der Waals surface area contributed by atoms with Crippen molar-refractivity contribution in [2.75, 3.05) is 0 Å². The molecular formula is C9H9NO2S. The van der Waals surface area contributed by atoms with Crippen LogP contribution in [0, 0.1) is 11.8 Å². The number of nitrogens with two attached hydrogens (primary N) is 1. The predicted octanol–water partition coefficient (Wildman–Crippen LogP) is 0.467. The Hall–Kier alpha value is -1.31. The molecule has 1 rings (SSSR count). The number of aliphatic hydroxyl groups excluding tert-OH is 1. The maximum atomic E-state index is 10.4. The van der Waals surface area contributed by atoms with Crippen LogP contribution >= 0.6 is 11.3 Å². The standard InChI is InChI=1S/C9H9NO2S/c10-9(12)3-1-2-7-4-5-13-8(7)6-11/h4-5,11H,3,6H2,(H2,10,12). The Morgan fingerprint density at radius 3 is 3.08 bits per heavy atom. The molecule has 0 unspecified atom stereocenters. The highest BCUT2D eigenvalue weighted by molar-refractivity contribution is 7.10. The minimum absolute atomic E-state index is 0.0156. The maximum absolute atomic E-state index is 10.4. The first-order valence-electron chi connectivity index (χ1n) is 3.68. The van der Waals surface area contributed by atoms with Crippen LogP contribution in [0.1, 0.15) is 16.9 Å². The van der Waals surface area contributed by atoms with Gasteiger partial charge in [0.2, 0.25) is 5.91 Å². The molecule has 0 aliphatic rings. The Balaban J connectivity index is 2.71. The minimum atomic E-state index is -0.437. The number of hydrogen-bond acceptors (Lipinski definition) is 3. The molecule has 3 N–H and O–H groups in total. The van der Waals surface area contributed by atoms with Gasteiger partial charge in [-0.05, 0) is 11.4 Å². The summed E-state index contributed by atoms with van der Waals surface area (Å²) in [4.78, 5) is 11.2. The van der Waals surface area contributed by atoms with Crippen LogP contribution in [0.4, 0.5) is 0 Å². The van der Waals surface area contributed by atoms with Crippen LogP contribution in [0.25, 0.3) is 0 Å². The van der Waals surface area contributed by atoms with Crippen LogP contribution in [0.5, 0.6) is 0 Å². The van der Waals surface area contributed by atoms with E-state index in [1.165, 1.54) is 11.3 Å². The molecule has 1 aromatic heterocycles. The number of carbonyl (C=O) groups excluding carboxylic acids is 1. The van der Waals surface area contributed by atoms with Gasteiger partial charge in [0, 0.05) is 10.4 Å². The lowest BCUT2D eigenvalue weighted by Crippen LogP contribution is -2.08. The van der Waals surface area contributed by atoms with Gasteiger partial charge in [-0.25, -0.2) is 0 Å². The van der Waals surface area contributed by atoms with Crippen molar-refractivity contribution in [3.63, 3.8) is 0 Å². The molecule has 13 heavy (non-hydrogen) atoms. The van der Waals surface area contributed by atoms with Crippen molar-refractivity contribution < 1.29 is 9.90 Å². The zero-order valence-corrected chi connectivity index (χ0v) is 7.73. The van der Waals surface area contributed by atoms with Crippen molar-refractivity contribution in [1.82, 2.24) is 0 Å². The molecule has 0 atom stereocenters. The summed E-state index contributed by atoms with van der Waals surface area (Å²) < 4.78 is 0. The normalized spacial score (nSPS) is 9.00. The first-order chi connectivity index (χ1) is 6.24. The van der Waals surface area contributed by atoms with Gasteiger partial charge in [0.1, 0.15) is 0 Å². The molecule has 1 aromatic rings. The molecule has 0 saturated carbocycles. The van der Waals surface area contributed by atoms with Gasteiger partial charge in [-0.15, -0.1) is 11.3 Å². The Bertz CT molecular complexity index is 359. The molecule has 4 heteroatoms. The lowest BCUT2D eigenvalue weighted by atomic mass is 10.2. The van der Waals surface area contributed by atoms with Crippen LogP contribution in [0.3, 0.4) is 0 Å². The first kappa shape index (κ1) is 9.78. The van der Waals surface area contributed by atoms with E-state index in [1.807, 2.05) is 11.4 Å². The second-order valence-corrected chi connectivity index (χ2v) is 3.36. The molecule has 0 bridgehead atoms. The molecule has 0 aliphatic carbocycles. The fourth-order valence-electron chi connectivity index (χ4n) is 0.801. The highest BCUT2D eigenvalue weighted by atomic mass is 32.1. The lowest BCUT2D eigenvalue weighted by molar-refractivity contribution is -0.117. The molecule has 68 valence electrons. The molecule has 0 aromatic carbocycles. The predicted molar refractivity (Wildman–Crippen MR) is 50.9 cm³/mol. The van der Waals surface area contributed by atoms with Crippen molar-refractivity contribution in [1.29, 1.82) is 0 Å². The zero-order valence-electron chi connectivity index (χ0n) is 6.91. The van der Waals surface area contributed by atoms with Gasteiger partial charge in [0.15, 0.2) is 0 Å². The summed E-state index contributed by atoms with van der Waals surface area (Å²) in [5.41, 5.74) is 5.69. The molecule has 1 amide bonds. The summed E-state index contributed by atoms with van der Waals surface area (Å²) in [7, 11) is 0. The van der Waals surface area contributed by atoms with E-state index in [1.54, 1.807) is 0 Å². The van der Waals surface area contributed by atoms with Gasteiger partial charge in [-0.2, -0.15) is 0 Å². The topological polar surface area (TPSA) is 63.3 Å². The van der Waals surface area contributed by atoms with E-state index in [9.17, 15) is 4.79 Å². The molecule has 3 nitrogen and oxygen atoms in total. The number of thiophene rings is 1. The van der Waals surface area contributed by atoms with Crippen LogP contribution < -0.4 is 5.73 Å². The summed E-state index contributed by atoms with van der Waals surface area (Å²) in [6.45, 7) is -0.0156. The quantitative estimate of drug-likeness (QED) is 0.674. The second kappa shape index (κ2) is 4.65. The zero-order chi connectivity index (χ0) is 9.68. The number of primary amides is 1. The number of aliphatic hydroxyl groups is 1. The monoisotopic (exact) mass is 195 g/mol. The summed E-state index contributed by atoms with van der Waals surface area (Å²) in [6, 6.07) is 1.81. The van der Waals surface area contributed by atoms with E-state index in [0.717, 1.165) is 10.4 Å². The van der Waals surface area contributed by atoms with Crippen LogP contribution in [-0.2, 0) is 11.4 Å². The Labute approximate surface area is 80.2 Å². The van der Waals surface area contributed by atoms with Crippen molar-refractivity contribution in [3.8, 4) is 11.8 Å². The van der Waals surface area contributed by atoms with E-state index in [0.29, 0.717) is 0 Å². The lowest BCUT2D eigenvalue weighted by Gasteiger charge is -1.88. The van der Waals surface area contributed by atoms with Crippen LogP contribution in [-0.4, -0.2) is 11.0 Å². The molecular weight excluding hydrogens is 186 g/mol. The number of carbonyl (C=O) groups is 1. The Morgan fingerprint density at radius 1 is 1.69 bits per heavy atom. The van der Waals surface area contributed by atoms with Gasteiger partial charge in [0.25, 0.3) is 0 Å². The van der Waals surface area contributed by atoms with Gasteiger partial charge in [-0.3, -0.25) is 4.79 Å². The summed E-state index contributed by atoms with van der Waals surface area (Å²) in [6.07, 6.45) is 0.0563. The summed E-state index contributed by atoms with van der Waals surface area (Å²) in [5, 5.41) is 10.7. The van der Waals surface area contributed by atoms with Gasteiger partial charge >= 0.3 is 0 Å². The Morgan fingerprint density at radius 2 is 2.46 bits per heavy atom. The van der Waals surface area contributed by atoms with Crippen LogP contribution in [0.2, 0.25) is 0 Å². The smallest absolute Gasteiger partial charge is 0.229 e. The third-order valence-electron chi connectivity index (χ3n) is 1.37. The van der Waals surface area contributed by atoms with E-state index in [4.69, 9.17) is 10.8 Å². The second-order valence-electron chi connectivity index (χ2n) is 2.36. The van der Waals surface area contributed by atoms with Crippen molar-refractivity contribution in [2.24, 2.45) is 5.73 Å².